The SMILES string of the molecule is CCOC(=O)C1=C(C)O[C@H]2O[C@H](COCc3ccccc3)[C@@H](OCc3ccccc3)[C@H](OCc3ccccc3)[C@H]2S1=O. The minimum Gasteiger partial charge on any atom is -0.467 e. The molecule has 0 radical (unpaired) electrons. The van der Waals surface area contributed by atoms with E-state index in [0.29, 0.717) is 6.61 Å². The largest absolute Gasteiger partial charge is 0.467 e. The molecule has 3 aromatic carbocycles. The first-order valence-electron chi connectivity index (χ1n) is 14.1. The molecule has 2 heterocycles. The second kappa shape index (κ2) is 14.7. The molecule has 0 aromatic heterocycles. The zero-order valence-corrected chi connectivity index (χ0v) is 24.6. The number of rotatable bonds is 12. The molecule has 0 amide bonds. The third-order valence-corrected chi connectivity index (χ3v) is 8.92. The summed E-state index contributed by atoms with van der Waals surface area (Å²) in [5.41, 5.74) is 2.94. The van der Waals surface area contributed by atoms with E-state index in [4.69, 9.17) is 28.4 Å². The Bertz CT molecular complexity index is 1350. The van der Waals surface area contributed by atoms with E-state index in [1.165, 1.54) is 0 Å². The lowest BCUT2D eigenvalue weighted by Gasteiger charge is -2.47. The van der Waals surface area contributed by atoms with E-state index in [2.05, 4.69) is 0 Å². The molecule has 8 nitrogen and oxygen atoms in total. The van der Waals surface area contributed by atoms with Crippen LogP contribution < -0.4 is 0 Å². The average Bonchev–Trinajstić information content (AvgIpc) is 3.01. The molecule has 222 valence electrons. The Morgan fingerprint density at radius 2 is 1.31 bits per heavy atom. The zero-order chi connectivity index (χ0) is 29.3. The summed E-state index contributed by atoms with van der Waals surface area (Å²) in [6.07, 6.45) is -2.98. The van der Waals surface area contributed by atoms with Crippen LogP contribution >= 0.6 is 0 Å². The van der Waals surface area contributed by atoms with Gasteiger partial charge in [0.05, 0.1) is 43.8 Å². The third-order valence-electron chi connectivity index (χ3n) is 7.08. The van der Waals surface area contributed by atoms with Crippen molar-refractivity contribution >= 4 is 16.8 Å². The van der Waals surface area contributed by atoms with Gasteiger partial charge in [-0.05, 0) is 30.5 Å². The maximum atomic E-state index is 14.1. The summed E-state index contributed by atoms with van der Waals surface area (Å²) < 4.78 is 50.9. The molecule has 1 unspecified atom stereocenters. The van der Waals surface area contributed by atoms with Gasteiger partial charge in [0.2, 0.25) is 6.29 Å². The molecule has 0 N–H and O–H groups in total. The minimum absolute atomic E-state index is 0.0180. The first kappa shape index (κ1) is 30.1. The Balaban J connectivity index is 1.45. The molecule has 1 fully saturated rings. The van der Waals surface area contributed by atoms with Gasteiger partial charge in [0.25, 0.3) is 0 Å². The predicted octanol–water partition coefficient (Wildman–Crippen LogP) is 5.04. The van der Waals surface area contributed by atoms with Crippen LogP contribution in [0.5, 0.6) is 0 Å². The van der Waals surface area contributed by atoms with E-state index in [1.54, 1.807) is 13.8 Å². The fraction of sp³-hybridized carbons (Fsp3) is 0.364. The van der Waals surface area contributed by atoms with Crippen LogP contribution in [-0.4, -0.2) is 53.2 Å². The Morgan fingerprint density at radius 1 is 0.786 bits per heavy atom. The lowest BCUT2D eigenvalue weighted by Crippen LogP contribution is -2.63. The molecule has 9 heteroatoms. The molecular formula is C33H36O8S. The highest BCUT2D eigenvalue weighted by molar-refractivity contribution is 7.90. The number of hydrogen-bond donors (Lipinski definition) is 0. The van der Waals surface area contributed by atoms with Crippen LogP contribution in [0.3, 0.4) is 0 Å². The monoisotopic (exact) mass is 592 g/mol. The number of carbonyl (C=O) groups excluding carboxylic acids is 1. The van der Waals surface area contributed by atoms with E-state index in [1.807, 2.05) is 91.0 Å². The van der Waals surface area contributed by atoms with Crippen LogP contribution in [0.2, 0.25) is 0 Å². The number of ether oxygens (including phenoxy) is 6. The topological polar surface area (TPSA) is 89.5 Å². The van der Waals surface area contributed by atoms with Crippen molar-refractivity contribution in [2.24, 2.45) is 0 Å². The summed E-state index contributed by atoms with van der Waals surface area (Å²) in [4.78, 5) is 12.8. The van der Waals surface area contributed by atoms with Crippen molar-refractivity contribution in [2.45, 2.75) is 63.5 Å². The molecule has 0 spiro atoms. The summed E-state index contributed by atoms with van der Waals surface area (Å²) in [6.45, 7) is 4.54. The normalized spacial score (nSPS) is 25.4. The molecule has 6 atom stereocenters. The Morgan fingerprint density at radius 3 is 1.86 bits per heavy atom. The van der Waals surface area contributed by atoms with E-state index in [-0.39, 0.29) is 37.1 Å². The van der Waals surface area contributed by atoms with Gasteiger partial charge >= 0.3 is 5.97 Å². The van der Waals surface area contributed by atoms with Gasteiger partial charge in [-0.3, -0.25) is 4.21 Å². The van der Waals surface area contributed by atoms with E-state index >= 15 is 0 Å². The van der Waals surface area contributed by atoms with Crippen molar-refractivity contribution in [3.8, 4) is 0 Å². The van der Waals surface area contributed by atoms with Crippen LogP contribution in [0.1, 0.15) is 30.5 Å². The summed E-state index contributed by atoms with van der Waals surface area (Å²) in [5, 5.41) is -0.844. The Kier molecular flexibility index (Phi) is 10.6. The number of allylic oxidation sites excluding steroid dienone is 1. The van der Waals surface area contributed by atoms with E-state index < -0.39 is 46.6 Å². The Hall–Kier alpha value is -3.34. The van der Waals surface area contributed by atoms with Crippen LogP contribution in [0.25, 0.3) is 0 Å². The Labute approximate surface area is 249 Å². The molecule has 0 bridgehead atoms. The molecule has 2 aliphatic heterocycles. The van der Waals surface area contributed by atoms with Gasteiger partial charge in [-0.25, -0.2) is 4.79 Å². The highest BCUT2D eigenvalue weighted by Gasteiger charge is 2.55. The first-order valence-corrected chi connectivity index (χ1v) is 15.3. The highest BCUT2D eigenvalue weighted by atomic mass is 32.2. The van der Waals surface area contributed by atoms with Crippen molar-refractivity contribution in [3.05, 3.63) is 118 Å². The maximum absolute atomic E-state index is 14.1. The van der Waals surface area contributed by atoms with E-state index in [9.17, 15) is 9.00 Å². The standard InChI is InChI=1S/C33H36O8S/c1-3-37-32(34)30-23(2)40-33-31(42(30)35)29(39-21-26-17-11-6-12-18-26)28(38-20-25-15-9-5-10-16-25)27(41-33)22-36-19-24-13-7-4-8-14-24/h4-18,27-29,31,33H,3,19-22H2,1-2H3/t27-,28-,29+,31-,33+,42?/m1/s1. The molecule has 1 saturated heterocycles. The second-order valence-electron chi connectivity index (χ2n) is 10.1. The van der Waals surface area contributed by atoms with Crippen LogP contribution in [0.4, 0.5) is 0 Å². The van der Waals surface area contributed by atoms with Gasteiger partial charge in [0, 0.05) is 0 Å². The van der Waals surface area contributed by atoms with Crippen molar-refractivity contribution in [1.29, 1.82) is 0 Å². The van der Waals surface area contributed by atoms with Gasteiger partial charge in [-0.2, -0.15) is 0 Å². The van der Waals surface area contributed by atoms with Crippen LogP contribution in [-0.2, 0) is 63.8 Å². The van der Waals surface area contributed by atoms with Gasteiger partial charge in [-0.1, -0.05) is 91.0 Å². The number of benzene rings is 3. The maximum Gasteiger partial charge on any atom is 0.350 e. The molecule has 0 aliphatic carbocycles. The predicted molar refractivity (Wildman–Crippen MR) is 157 cm³/mol. The molecule has 5 rings (SSSR count). The van der Waals surface area contributed by atoms with E-state index in [0.717, 1.165) is 16.7 Å². The van der Waals surface area contributed by atoms with Crippen LogP contribution in [0, 0.1) is 0 Å². The minimum atomic E-state index is -1.85. The molecule has 2 aliphatic rings. The molecule has 42 heavy (non-hydrogen) atoms. The number of fused-ring (bicyclic) bond motifs is 1. The lowest BCUT2D eigenvalue weighted by molar-refractivity contribution is -0.267. The summed E-state index contributed by atoms with van der Waals surface area (Å²) in [7, 11) is -1.85. The third kappa shape index (κ3) is 7.35. The second-order valence-corrected chi connectivity index (χ2v) is 11.6. The fourth-order valence-electron chi connectivity index (χ4n) is 5.05. The molecular weight excluding hydrogens is 556 g/mol. The van der Waals surface area contributed by atoms with Crippen molar-refractivity contribution in [2.75, 3.05) is 13.2 Å². The lowest BCUT2D eigenvalue weighted by atomic mass is 10.00. The summed E-state index contributed by atoms with van der Waals surface area (Å²) in [5.74, 6) is -0.467. The smallest absolute Gasteiger partial charge is 0.350 e. The summed E-state index contributed by atoms with van der Waals surface area (Å²) in [6, 6.07) is 29.3. The van der Waals surface area contributed by atoms with Crippen molar-refractivity contribution in [1.82, 2.24) is 0 Å². The molecule has 0 saturated carbocycles. The number of hydrogen-bond acceptors (Lipinski definition) is 8. The summed E-state index contributed by atoms with van der Waals surface area (Å²) >= 11 is 0. The van der Waals surface area contributed by atoms with Gasteiger partial charge in [-0.15, -0.1) is 0 Å². The number of carbonyl (C=O) groups is 1. The van der Waals surface area contributed by atoms with Crippen molar-refractivity contribution < 1.29 is 37.4 Å². The fourth-order valence-corrected chi connectivity index (χ4v) is 6.68. The van der Waals surface area contributed by atoms with Crippen molar-refractivity contribution in [3.63, 3.8) is 0 Å². The van der Waals surface area contributed by atoms with Gasteiger partial charge in [0.15, 0.2) is 4.91 Å². The average molecular weight is 593 g/mol. The zero-order valence-electron chi connectivity index (χ0n) is 23.8. The van der Waals surface area contributed by atoms with Gasteiger partial charge in [0.1, 0.15) is 29.3 Å². The number of esters is 1. The first-order chi connectivity index (χ1) is 20.5. The van der Waals surface area contributed by atoms with Gasteiger partial charge < -0.3 is 28.4 Å². The highest BCUT2D eigenvalue weighted by Crippen LogP contribution is 2.38. The quantitative estimate of drug-likeness (QED) is 0.270. The molecule has 3 aromatic rings. The van der Waals surface area contributed by atoms with Crippen LogP contribution in [0.15, 0.2) is 102 Å².